The van der Waals surface area contributed by atoms with Crippen molar-refractivity contribution in [3.8, 4) is 0 Å². The van der Waals surface area contributed by atoms with Crippen molar-refractivity contribution in [3.05, 3.63) is 35.4 Å². The summed E-state index contributed by atoms with van der Waals surface area (Å²) in [4.78, 5) is 2.47. The molecule has 1 aromatic rings. The van der Waals surface area contributed by atoms with Gasteiger partial charge in [-0.1, -0.05) is 43.7 Å². The van der Waals surface area contributed by atoms with Crippen LogP contribution in [-0.2, 0) is 0 Å². The van der Waals surface area contributed by atoms with Crippen LogP contribution >= 0.6 is 0 Å². The van der Waals surface area contributed by atoms with Gasteiger partial charge in [0.2, 0.25) is 0 Å². The Morgan fingerprint density at radius 2 is 1.78 bits per heavy atom. The minimum Gasteiger partial charge on any atom is -0.323 e. The van der Waals surface area contributed by atoms with Crippen molar-refractivity contribution in [2.75, 3.05) is 13.1 Å². The van der Waals surface area contributed by atoms with Crippen molar-refractivity contribution in [3.63, 3.8) is 0 Å². The van der Waals surface area contributed by atoms with Gasteiger partial charge >= 0.3 is 0 Å². The molecule has 0 saturated carbocycles. The average molecular weight is 248 g/mol. The molecule has 0 heterocycles. The molecular formula is C16H28N2. The van der Waals surface area contributed by atoms with Crippen molar-refractivity contribution in [1.82, 2.24) is 4.90 Å². The molecule has 1 unspecified atom stereocenters. The highest BCUT2D eigenvalue weighted by Crippen LogP contribution is 2.15. The van der Waals surface area contributed by atoms with E-state index in [0.717, 1.165) is 13.1 Å². The van der Waals surface area contributed by atoms with Gasteiger partial charge < -0.3 is 5.73 Å². The second kappa shape index (κ2) is 6.91. The Morgan fingerprint density at radius 3 is 2.28 bits per heavy atom. The molecule has 0 aliphatic carbocycles. The Labute approximate surface area is 112 Å². The van der Waals surface area contributed by atoms with Crippen LogP contribution < -0.4 is 5.73 Å². The third kappa shape index (κ3) is 4.79. The molecule has 0 amide bonds. The summed E-state index contributed by atoms with van der Waals surface area (Å²) in [5, 5.41) is 0. The van der Waals surface area contributed by atoms with E-state index in [1.54, 1.807) is 0 Å². The molecule has 0 aliphatic heterocycles. The normalized spacial score (nSPS) is 13.6. The van der Waals surface area contributed by atoms with Crippen LogP contribution in [0.1, 0.15) is 44.9 Å². The van der Waals surface area contributed by atoms with Gasteiger partial charge in [-0.3, -0.25) is 4.90 Å². The molecule has 2 N–H and O–H groups in total. The second-order valence-electron chi connectivity index (χ2n) is 5.96. The monoisotopic (exact) mass is 248 g/mol. The van der Waals surface area contributed by atoms with E-state index in [-0.39, 0.29) is 6.04 Å². The van der Waals surface area contributed by atoms with Crippen LogP contribution in [0.25, 0.3) is 0 Å². The van der Waals surface area contributed by atoms with E-state index in [0.29, 0.717) is 12.0 Å². The SMILES string of the molecule is Cc1cccc(C(N)CN(CC(C)C)C(C)C)c1. The lowest BCUT2D eigenvalue weighted by atomic mass is 10.0. The first-order valence-corrected chi connectivity index (χ1v) is 6.96. The number of benzene rings is 1. The van der Waals surface area contributed by atoms with Crippen molar-refractivity contribution < 1.29 is 0 Å². The maximum Gasteiger partial charge on any atom is 0.0424 e. The first kappa shape index (κ1) is 15.2. The van der Waals surface area contributed by atoms with Gasteiger partial charge in [0, 0.05) is 25.2 Å². The number of nitrogens with zero attached hydrogens (tertiary/aromatic N) is 1. The van der Waals surface area contributed by atoms with Crippen LogP contribution in [0.5, 0.6) is 0 Å². The summed E-state index contributed by atoms with van der Waals surface area (Å²) < 4.78 is 0. The third-order valence-electron chi connectivity index (χ3n) is 3.23. The molecule has 1 rings (SSSR count). The zero-order chi connectivity index (χ0) is 13.7. The summed E-state index contributed by atoms with van der Waals surface area (Å²) in [6.45, 7) is 13.2. The van der Waals surface area contributed by atoms with Crippen LogP contribution in [0.2, 0.25) is 0 Å². The molecule has 0 radical (unpaired) electrons. The van der Waals surface area contributed by atoms with Crippen LogP contribution in [0, 0.1) is 12.8 Å². The minimum absolute atomic E-state index is 0.103. The second-order valence-corrected chi connectivity index (χ2v) is 5.96. The molecule has 2 nitrogen and oxygen atoms in total. The van der Waals surface area contributed by atoms with Crippen LogP contribution in [0.15, 0.2) is 24.3 Å². The van der Waals surface area contributed by atoms with E-state index in [1.165, 1.54) is 11.1 Å². The summed E-state index contributed by atoms with van der Waals surface area (Å²) in [6, 6.07) is 9.18. The third-order valence-corrected chi connectivity index (χ3v) is 3.23. The van der Waals surface area contributed by atoms with E-state index < -0.39 is 0 Å². The smallest absolute Gasteiger partial charge is 0.0424 e. The molecule has 18 heavy (non-hydrogen) atoms. The zero-order valence-electron chi connectivity index (χ0n) is 12.5. The predicted molar refractivity (Wildman–Crippen MR) is 79.7 cm³/mol. The van der Waals surface area contributed by atoms with Crippen molar-refractivity contribution >= 4 is 0 Å². The van der Waals surface area contributed by atoms with Gasteiger partial charge in [-0.25, -0.2) is 0 Å². The number of rotatable bonds is 6. The highest BCUT2D eigenvalue weighted by atomic mass is 15.2. The van der Waals surface area contributed by atoms with E-state index >= 15 is 0 Å². The highest BCUT2D eigenvalue weighted by Gasteiger charge is 2.16. The number of hydrogen-bond acceptors (Lipinski definition) is 2. The molecule has 1 aromatic carbocycles. The summed E-state index contributed by atoms with van der Waals surface area (Å²) in [5.41, 5.74) is 8.86. The zero-order valence-corrected chi connectivity index (χ0v) is 12.5. The van der Waals surface area contributed by atoms with Crippen molar-refractivity contribution in [2.45, 2.75) is 46.7 Å². The van der Waals surface area contributed by atoms with Crippen LogP contribution in [-0.4, -0.2) is 24.0 Å². The Kier molecular flexibility index (Phi) is 5.83. The molecule has 102 valence electrons. The fourth-order valence-electron chi connectivity index (χ4n) is 2.22. The van der Waals surface area contributed by atoms with Crippen molar-refractivity contribution in [2.24, 2.45) is 11.7 Å². The first-order chi connectivity index (χ1) is 8.40. The number of hydrogen-bond donors (Lipinski definition) is 1. The first-order valence-electron chi connectivity index (χ1n) is 6.96. The summed E-state index contributed by atoms with van der Waals surface area (Å²) in [5.74, 6) is 0.678. The molecule has 1 atom stereocenters. The highest BCUT2D eigenvalue weighted by molar-refractivity contribution is 5.25. The largest absolute Gasteiger partial charge is 0.323 e. The van der Waals surface area contributed by atoms with E-state index in [4.69, 9.17) is 5.73 Å². The molecule has 2 heteroatoms. The maximum atomic E-state index is 6.34. The molecule has 0 fully saturated rings. The van der Waals surface area contributed by atoms with Gasteiger partial charge in [-0.15, -0.1) is 0 Å². The molecule has 0 spiro atoms. The number of nitrogens with two attached hydrogens (primary N) is 1. The van der Waals surface area contributed by atoms with E-state index in [1.807, 2.05) is 0 Å². The van der Waals surface area contributed by atoms with Gasteiger partial charge in [0.05, 0.1) is 0 Å². The molecule has 0 bridgehead atoms. The minimum atomic E-state index is 0.103. The van der Waals surface area contributed by atoms with Gasteiger partial charge in [0.25, 0.3) is 0 Å². The van der Waals surface area contributed by atoms with Crippen LogP contribution in [0.3, 0.4) is 0 Å². The lowest BCUT2D eigenvalue weighted by Crippen LogP contribution is -2.39. The fraction of sp³-hybridized carbons (Fsp3) is 0.625. The lowest BCUT2D eigenvalue weighted by molar-refractivity contribution is 0.186. The fourth-order valence-corrected chi connectivity index (χ4v) is 2.22. The Morgan fingerprint density at radius 1 is 1.11 bits per heavy atom. The molecular weight excluding hydrogens is 220 g/mol. The van der Waals surface area contributed by atoms with Gasteiger partial charge in [0.15, 0.2) is 0 Å². The Bertz CT molecular complexity index is 358. The standard InChI is InChI=1S/C16H28N2/c1-12(2)10-18(13(3)4)11-16(17)15-8-6-7-14(5)9-15/h6-9,12-13,16H,10-11,17H2,1-5H3. The summed E-state index contributed by atoms with van der Waals surface area (Å²) in [6.07, 6.45) is 0. The topological polar surface area (TPSA) is 29.3 Å². The van der Waals surface area contributed by atoms with Gasteiger partial charge in [-0.2, -0.15) is 0 Å². The quantitative estimate of drug-likeness (QED) is 0.836. The Balaban J connectivity index is 2.69. The van der Waals surface area contributed by atoms with Crippen LogP contribution in [0.4, 0.5) is 0 Å². The van der Waals surface area contributed by atoms with Crippen molar-refractivity contribution in [1.29, 1.82) is 0 Å². The molecule has 0 aromatic heterocycles. The van der Waals surface area contributed by atoms with Gasteiger partial charge in [0.1, 0.15) is 0 Å². The maximum absolute atomic E-state index is 6.34. The summed E-state index contributed by atoms with van der Waals surface area (Å²) in [7, 11) is 0. The number of aryl methyl sites for hydroxylation is 1. The molecule has 0 saturated heterocycles. The van der Waals surface area contributed by atoms with Gasteiger partial charge in [-0.05, 0) is 32.3 Å². The lowest BCUT2D eigenvalue weighted by Gasteiger charge is -2.31. The Hall–Kier alpha value is -0.860. The summed E-state index contributed by atoms with van der Waals surface area (Å²) >= 11 is 0. The predicted octanol–water partition coefficient (Wildman–Crippen LogP) is 3.36. The molecule has 0 aliphatic rings. The van der Waals surface area contributed by atoms with E-state index in [9.17, 15) is 0 Å². The van der Waals surface area contributed by atoms with E-state index in [2.05, 4.69) is 63.8 Å². The average Bonchev–Trinajstić information content (AvgIpc) is 2.27.